The summed E-state index contributed by atoms with van der Waals surface area (Å²) in [4.78, 5) is 2.57. The van der Waals surface area contributed by atoms with Crippen LogP contribution in [-0.2, 0) is 0 Å². The summed E-state index contributed by atoms with van der Waals surface area (Å²) in [7, 11) is 2.02. The molecule has 0 aromatic carbocycles. The number of hydrogen-bond acceptors (Lipinski definition) is 2. The van der Waals surface area contributed by atoms with Crippen LogP contribution in [0, 0.1) is 0 Å². The predicted molar refractivity (Wildman–Crippen MR) is 60.2 cm³/mol. The molecule has 0 aliphatic carbocycles. The van der Waals surface area contributed by atoms with Crippen LogP contribution < -0.4 is 5.32 Å². The summed E-state index contributed by atoms with van der Waals surface area (Å²) in [5.41, 5.74) is 0. The first kappa shape index (κ1) is 12.9. The van der Waals surface area contributed by atoms with E-state index in [1.807, 2.05) is 7.05 Å². The normalized spacial score (nSPS) is 13.6. The monoisotopic (exact) mass is 186 g/mol. The molecule has 0 fully saturated rings. The first-order valence-corrected chi connectivity index (χ1v) is 5.64. The second-order valence-corrected chi connectivity index (χ2v) is 3.72. The summed E-state index contributed by atoms with van der Waals surface area (Å²) in [6.07, 6.45) is 3.87. The fourth-order valence-electron chi connectivity index (χ4n) is 1.73. The average Bonchev–Trinajstić information content (AvgIpc) is 2.14. The maximum Gasteiger partial charge on any atom is 0.00672 e. The standard InChI is InChI=1S/C11H26N2/c1-5-10-13(6-2)11(3)8-7-9-12-4/h11-12H,5-10H2,1-4H3. The van der Waals surface area contributed by atoms with Crippen molar-refractivity contribution in [2.75, 3.05) is 26.7 Å². The Morgan fingerprint density at radius 2 is 2.00 bits per heavy atom. The fourth-order valence-corrected chi connectivity index (χ4v) is 1.73. The van der Waals surface area contributed by atoms with Gasteiger partial charge in [-0.1, -0.05) is 13.8 Å². The third kappa shape index (κ3) is 6.05. The van der Waals surface area contributed by atoms with E-state index in [9.17, 15) is 0 Å². The molecular formula is C11H26N2. The Hall–Kier alpha value is -0.0800. The molecule has 80 valence electrons. The highest BCUT2D eigenvalue weighted by atomic mass is 15.1. The Bertz CT molecular complexity index is 104. The third-order valence-electron chi connectivity index (χ3n) is 2.59. The predicted octanol–water partition coefficient (Wildman–Crippen LogP) is 2.11. The summed E-state index contributed by atoms with van der Waals surface area (Å²) >= 11 is 0. The fraction of sp³-hybridized carbons (Fsp3) is 1.00. The van der Waals surface area contributed by atoms with Crippen LogP contribution in [0.2, 0.25) is 0 Å². The topological polar surface area (TPSA) is 15.3 Å². The molecule has 0 bridgehead atoms. The Labute approximate surface area is 83.7 Å². The van der Waals surface area contributed by atoms with Gasteiger partial charge in [-0.15, -0.1) is 0 Å². The van der Waals surface area contributed by atoms with Gasteiger partial charge in [0.05, 0.1) is 0 Å². The van der Waals surface area contributed by atoms with Gasteiger partial charge in [0.1, 0.15) is 0 Å². The lowest BCUT2D eigenvalue weighted by molar-refractivity contribution is 0.207. The van der Waals surface area contributed by atoms with E-state index in [0.29, 0.717) is 0 Å². The molecule has 0 saturated carbocycles. The van der Waals surface area contributed by atoms with Crippen molar-refractivity contribution < 1.29 is 0 Å². The first-order valence-electron chi connectivity index (χ1n) is 5.64. The van der Waals surface area contributed by atoms with Gasteiger partial charge >= 0.3 is 0 Å². The maximum absolute atomic E-state index is 3.19. The van der Waals surface area contributed by atoms with E-state index in [0.717, 1.165) is 12.6 Å². The Kier molecular flexibility index (Phi) is 8.46. The lowest BCUT2D eigenvalue weighted by Crippen LogP contribution is -2.34. The number of nitrogens with zero attached hydrogens (tertiary/aromatic N) is 1. The summed E-state index contributed by atoms with van der Waals surface area (Å²) in [6, 6.07) is 0.748. The van der Waals surface area contributed by atoms with E-state index in [1.54, 1.807) is 0 Å². The van der Waals surface area contributed by atoms with Crippen molar-refractivity contribution in [2.24, 2.45) is 0 Å². The van der Waals surface area contributed by atoms with Crippen molar-refractivity contribution >= 4 is 0 Å². The molecule has 0 spiro atoms. The summed E-state index contributed by atoms with van der Waals surface area (Å²) in [5, 5.41) is 3.19. The van der Waals surface area contributed by atoms with Gasteiger partial charge in [0.2, 0.25) is 0 Å². The average molecular weight is 186 g/mol. The molecule has 0 aromatic rings. The van der Waals surface area contributed by atoms with Crippen molar-refractivity contribution in [2.45, 2.75) is 46.1 Å². The molecule has 0 radical (unpaired) electrons. The van der Waals surface area contributed by atoms with Crippen LogP contribution in [0.25, 0.3) is 0 Å². The minimum Gasteiger partial charge on any atom is -0.320 e. The van der Waals surface area contributed by atoms with Crippen LogP contribution in [-0.4, -0.2) is 37.6 Å². The van der Waals surface area contributed by atoms with Gasteiger partial charge in [-0.3, -0.25) is 0 Å². The van der Waals surface area contributed by atoms with Crippen molar-refractivity contribution in [3.8, 4) is 0 Å². The van der Waals surface area contributed by atoms with Gasteiger partial charge in [0.15, 0.2) is 0 Å². The molecule has 0 saturated heterocycles. The highest BCUT2D eigenvalue weighted by Gasteiger charge is 2.09. The largest absolute Gasteiger partial charge is 0.320 e. The molecule has 2 nitrogen and oxygen atoms in total. The van der Waals surface area contributed by atoms with Crippen LogP contribution in [0.15, 0.2) is 0 Å². The molecule has 0 aliphatic rings. The molecule has 1 unspecified atom stereocenters. The lowest BCUT2D eigenvalue weighted by Gasteiger charge is -2.27. The van der Waals surface area contributed by atoms with Gasteiger partial charge in [-0.05, 0) is 52.9 Å². The van der Waals surface area contributed by atoms with Crippen molar-refractivity contribution in [1.29, 1.82) is 0 Å². The second-order valence-electron chi connectivity index (χ2n) is 3.72. The van der Waals surface area contributed by atoms with Gasteiger partial charge in [0, 0.05) is 6.04 Å². The molecular weight excluding hydrogens is 160 g/mol. The minimum atomic E-state index is 0.748. The van der Waals surface area contributed by atoms with E-state index in [2.05, 4.69) is 31.0 Å². The van der Waals surface area contributed by atoms with E-state index in [4.69, 9.17) is 0 Å². The van der Waals surface area contributed by atoms with Gasteiger partial charge in [-0.2, -0.15) is 0 Å². The molecule has 0 heterocycles. The van der Waals surface area contributed by atoms with Crippen LogP contribution in [0.4, 0.5) is 0 Å². The van der Waals surface area contributed by atoms with Gasteiger partial charge in [0.25, 0.3) is 0 Å². The lowest BCUT2D eigenvalue weighted by atomic mass is 10.1. The van der Waals surface area contributed by atoms with Crippen LogP contribution in [0.1, 0.15) is 40.0 Å². The van der Waals surface area contributed by atoms with Crippen molar-refractivity contribution in [1.82, 2.24) is 10.2 Å². The maximum atomic E-state index is 3.19. The van der Waals surface area contributed by atoms with E-state index in [1.165, 1.54) is 32.4 Å². The molecule has 1 atom stereocenters. The molecule has 2 heteroatoms. The summed E-state index contributed by atoms with van der Waals surface area (Å²) in [5.74, 6) is 0. The van der Waals surface area contributed by atoms with Gasteiger partial charge < -0.3 is 10.2 Å². The van der Waals surface area contributed by atoms with Gasteiger partial charge in [-0.25, -0.2) is 0 Å². The van der Waals surface area contributed by atoms with E-state index in [-0.39, 0.29) is 0 Å². The SMILES string of the molecule is CCCN(CC)C(C)CCCNC. The highest BCUT2D eigenvalue weighted by Crippen LogP contribution is 2.06. The number of nitrogens with one attached hydrogen (secondary N) is 1. The Balaban J connectivity index is 3.57. The zero-order valence-corrected chi connectivity index (χ0v) is 9.77. The zero-order valence-electron chi connectivity index (χ0n) is 9.77. The number of rotatable bonds is 8. The zero-order chi connectivity index (χ0) is 10.1. The molecule has 0 aromatic heterocycles. The molecule has 1 N–H and O–H groups in total. The van der Waals surface area contributed by atoms with Crippen LogP contribution in [0.5, 0.6) is 0 Å². The second kappa shape index (κ2) is 8.52. The summed E-state index contributed by atoms with van der Waals surface area (Å²) < 4.78 is 0. The van der Waals surface area contributed by atoms with Crippen molar-refractivity contribution in [3.05, 3.63) is 0 Å². The Morgan fingerprint density at radius 1 is 1.31 bits per heavy atom. The van der Waals surface area contributed by atoms with Crippen LogP contribution in [0.3, 0.4) is 0 Å². The minimum absolute atomic E-state index is 0.748. The van der Waals surface area contributed by atoms with E-state index < -0.39 is 0 Å². The number of hydrogen-bond donors (Lipinski definition) is 1. The van der Waals surface area contributed by atoms with E-state index >= 15 is 0 Å². The molecule has 13 heavy (non-hydrogen) atoms. The molecule has 0 rings (SSSR count). The smallest absolute Gasteiger partial charge is 0.00672 e. The van der Waals surface area contributed by atoms with Crippen molar-refractivity contribution in [3.63, 3.8) is 0 Å². The summed E-state index contributed by atoms with van der Waals surface area (Å²) in [6.45, 7) is 10.4. The Morgan fingerprint density at radius 3 is 2.46 bits per heavy atom. The van der Waals surface area contributed by atoms with Crippen LogP contribution >= 0.6 is 0 Å². The first-order chi connectivity index (χ1) is 6.26. The molecule has 0 amide bonds. The highest BCUT2D eigenvalue weighted by molar-refractivity contribution is 4.65. The quantitative estimate of drug-likeness (QED) is 0.584. The molecule has 0 aliphatic heterocycles. The third-order valence-corrected chi connectivity index (χ3v) is 2.59.